The summed E-state index contributed by atoms with van der Waals surface area (Å²) in [6, 6.07) is 0. The quantitative estimate of drug-likeness (QED) is 0.280. The summed E-state index contributed by atoms with van der Waals surface area (Å²) >= 11 is 0. The zero-order chi connectivity index (χ0) is 8.53. The number of carbonyl (C=O) groups is 1. The molecule has 0 bridgehead atoms. The van der Waals surface area contributed by atoms with Crippen molar-refractivity contribution in [1.29, 1.82) is 0 Å². The summed E-state index contributed by atoms with van der Waals surface area (Å²) in [7, 11) is 0. The van der Waals surface area contributed by atoms with Gasteiger partial charge in [-0.3, -0.25) is 9.63 Å². The Hall–Kier alpha value is -1.05. The van der Waals surface area contributed by atoms with Crippen molar-refractivity contribution < 1.29 is 9.63 Å². The molecule has 0 radical (unpaired) electrons. The normalized spacial score (nSPS) is 8.45. The van der Waals surface area contributed by atoms with Gasteiger partial charge in [-0.25, -0.2) is 5.48 Å². The van der Waals surface area contributed by atoms with Gasteiger partial charge in [-0.2, -0.15) is 0 Å². The van der Waals surface area contributed by atoms with Gasteiger partial charge in [0.05, 0.1) is 6.61 Å². The molecule has 62 valence electrons. The van der Waals surface area contributed by atoms with Crippen LogP contribution in [0.3, 0.4) is 0 Å². The molecule has 0 aliphatic rings. The van der Waals surface area contributed by atoms with Gasteiger partial charge in [-0.15, -0.1) is 5.73 Å². The van der Waals surface area contributed by atoms with E-state index < -0.39 is 0 Å². The Bertz CT molecular complexity index is 159. The van der Waals surface area contributed by atoms with Crippen molar-refractivity contribution in [1.82, 2.24) is 5.48 Å². The van der Waals surface area contributed by atoms with Crippen LogP contribution in [0.5, 0.6) is 0 Å². The van der Waals surface area contributed by atoms with Gasteiger partial charge in [-0.1, -0.05) is 19.9 Å². The van der Waals surface area contributed by atoms with Crippen LogP contribution in [0, 0.1) is 0 Å². The zero-order valence-electron chi connectivity index (χ0n) is 6.72. The Morgan fingerprint density at radius 1 is 1.82 bits per heavy atom. The van der Waals surface area contributed by atoms with Gasteiger partial charge in [0.2, 0.25) is 0 Å². The minimum Gasteiger partial charge on any atom is -0.273 e. The van der Waals surface area contributed by atoms with E-state index in [9.17, 15) is 4.79 Å². The van der Waals surface area contributed by atoms with Crippen molar-refractivity contribution in [2.45, 2.75) is 19.8 Å². The molecule has 0 aliphatic heterocycles. The lowest BCUT2D eigenvalue weighted by molar-refractivity contribution is -0.128. The number of carbonyl (C=O) groups excluding carboxylic acids is 1. The van der Waals surface area contributed by atoms with Crippen molar-refractivity contribution in [3.63, 3.8) is 0 Å². The molecular weight excluding hydrogens is 142 g/mol. The smallest absolute Gasteiger partial charge is 0.273 e. The topological polar surface area (TPSA) is 38.3 Å². The maximum absolute atomic E-state index is 10.6. The fourth-order valence-electron chi connectivity index (χ4n) is 0.461. The molecule has 0 heterocycles. The van der Waals surface area contributed by atoms with Crippen LogP contribution >= 0.6 is 0 Å². The lowest BCUT2D eigenvalue weighted by Crippen LogP contribution is -2.21. The first kappa shape index (κ1) is 9.95. The number of amides is 1. The zero-order valence-corrected chi connectivity index (χ0v) is 6.72. The third-order valence-corrected chi connectivity index (χ3v) is 1.01. The van der Waals surface area contributed by atoms with Crippen LogP contribution in [-0.2, 0) is 9.63 Å². The number of nitrogens with one attached hydrogen (secondary N) is 1. The number of rotatable bonds is 5. The molecular formula is C8H13NO2. The number of unbranched alkanes of at least 4 members (excludes halogenated alkanes) is 1. The third-order valence-electron chi connectivity index (χ3n) is 1.01. The summed E-state index contributed by atoms with van der Waals surface area (Å²) in [4.78, 5) is 15.4. The highest BCUT2D eigenvalue weighted by Crippen LogP contribution is 1.84. The standard InChI is InChI=1S/C8H13NO2/c1-3-5-7-11-9-8(10)6-4-2/h6H,2-3,5,7H2,1H3,(H,9,10). The van der Waals surface area contributed by atoms with Crippen molar-refractivity contribution in [2.75, 3.05) is 6.61 Å². The van der Waals surface area contributed by atoms with Gasteiger partial charge in [-0.05, 0) is 6.42 Å². The number of hydroxylamine groups is 1. The second kappa shape index (κ2) is 7.06. The van der Waals surface area contributed by atoms with Gasteiger partial charge in [0, 0.05) is 6.08 Å². The Morgan fingerprint density at radius 2 is 2.55 bits per heavy atom. The predicted molar refractivity (Wildman–Crippen MR) is 42.7 cm³/mol. The predicted octanol–water partition coefficient (Wildman–Crippen LogP) is 1.18. The molecule has 0 aromatic rings. The maximum Gasteiger partial charge on any atom is 0.275 e. The van der Waals surface area contributed by atoms with Crippen LogP contribution < -0.4 is 5.48 Å². The van der Waals surface area contributed by atoms with Crippen molar-refractivity contribution in [2.24, 2.45) is 0 Å². The van der Waals surface area contributed by atoms with E-state index in [1.54, 1.807) is 0 Å². The van der Waals surface area contributed by atoms with Crippen LogP contribution in [0.15, 0.2) is 18.4 Å². The van der Waals surface area contributed by atoms with E-state index in [1.807, 2.05) is 0 Å². The summed E-state index contributed by atoms with van der Waals surface area (Å²) in [6.45, 7) is 5.85. The van der Waals surface area contributed by atoms with Crippen molar-refractivity contribution in [3.8, 4) is 0 Å². The van der Waals surface area contributed by atoms with E-state index in [-0.39, 0.29) is 5.91 Å². The third kappa shape index (κ3) is 6.84. The van der Waals surface area contributed by atoms with E-state index in [2.05, 4.69) is 24.7 Å². The van der Waals surface area contributed by atoms with Gasteiger partial charge in [0.25, 0.3) is 5.91 Å². The van der Waals surface area contributed by atoms with Crippen LogP contribution in [-0.4, -0.2) is 12.5 Å². The fraction of sp³-hybridized carbons (Fsp3) is 0.500. The van der Waals surface area contributed by atoms with Crippen LogP contribution in [0.25, 0.3) is 0 Å². The summed E-state index contributed by atoms with van der Waals surface area (Å²) < 4.78 is 0. The molecule has 0 spiro atoms. The van der Waals surface area contributed by atoms with Crippen molar-refractivity contribution in [3.05, 3.63) is 18.4 Å². The van der Waals surface area contributed by atoms with E-state index in [0.29, 0.717) is 6.61 Å². The molecule has 0 aliphatic carbocycles. The lowest BCUT2D eigenvalue weighted by atomic mass is 10.4. The summed E-state index contributed by atoms with van der Waals surface area (Å²) in [5.41, 5.74) is 4.56. The Labute approximate surface area is 66.7 Å². The largest absolute Gasteiger partial charge is 0.275 e. The second-order valence-electron chi connectivity index (χ2n) is 2.02. The minimum absolute atomic E-state index is 0.323. The molecule has 0 fully saturated rings. The van der Waals surface area contributed by atoms with Gasteiger partial charge < -0.3 is 0 Å². The minimum atomic E-state index is -0.323. The molecule has 0 saturated carbocycles. The molecule has 0 aromatic carbocycles. The SMILES string of the molecule is C=C=CC(=O)NOCCCC. The molecule has 1 N–H and O–H groups in total. The van der Waals surface area contributed by atoms with Gasteiger partial charge in [0.1, 0.15) is 0 Å². The summed E-state index contributed by atoms with van der Waals surface area (Å²) in [6.07, 6.45) is 3.18. The van der Waals surface area contributed by atoms with Crippen LogP contribution in [0.1, 0.15) is 19.8 Å². The van der Waals surface area contributed by atoms with Crippen LogP contribution in [0.4, 0.5) is 0 Å². The average molecular weight is 155 g/mol. The van der Waals surface area contributed by atoms with Gasteiger partial charge >= 0.3 is 0 Å². The van der Waals surface area contributed by atoms with Crippen LogP contribution in [0.2, 0.25) is 0 Å². The molecule has 11 heavy (non-hydrogen) atoms. The highest BCUT2D eigenvalue weighted by molar-refractivity contribution is 5.86. The van der Waals surface area contributed by atoms with E-state index in [4.69, 9.17) is 4.84 Å². The summed E-state index contributed by atoms with van der Waals surface area (Å²) in [5.74, 6) is -0.323. The highest BCUT2D eigenvalue weighted by Gasteiger charge is 1.91. The maximum atomic E-state index is 10.6. The molecule has 1 amide bonds. The first-order chi connectivity index (χ1) is 5.31. The van der Waals surface area contributed by atoms with E-state index >= 15 is 0 Å². The molecule has 0 unspecified atom stereocenters. The monoisotopic (exact) mass is 155 g/mol. The molecule has 0 atom stereocenters. The first-order valence-electron chi connectivity index (χ1n) is 3.58. The Balaban J connectivity index is 3.24. The molecule has 3 nitrogen and oxygen atoms in total. The van der Waals surface area contributed by atoms with E-state index in [0.717, 1.165) is 12.8 Å². The molecule has 0 aromatic heterocycles. The Morgan fingerprint density at radius 3 is 3.09 bits per heavy atom. The van der Waals surface area contributed by atoms with Crippen molar-refractivity contribution >= 4 is 5.91 Å². The number of hydrogen-bond donors (Lipinski definition) is 1. The molecule has 0 rings (SSSR count). The summed E-state index contributed by atoms with van der Waals surface area (Å²) in [5, 5.41) is 0. The molecule has 3 heteroatoms. The highest BCUT2D eigenvalue weighted by atomic mass is 16.6. The number of hydrogen-bond acceptors (Lipinski definition) is 2. The fourth-order valence-corrected chi connectivity index (χ4v) is 0.461. The lowest BCUT2D eigenvalue weighted by Gasteiger charge is -2.00. The van der Waals surface area contributed by atoms with Gasteiger partial charge in [0.15, 0.2) is 0 Å². The molecule has 0 saturated heterocycles. The average Bonchev–Trinajstić information content (AvgIpc) is 1.99. The Kier molecular flexibility index (Phi) is 6.39. The van der Waals surface area contributed by atoms with E-state index in [1.165, 1.54) is 6.08 Å². The first-order valence-corrected chi connectivity index (χ1v) is 3.58. The second-order valence-corrected chi connectivity index (χ2v) is 2.02.